The molecular weight excluding hydrogens is 200 g/mol. The Hall–Kier alpha value is -0.120. The number of rotatable bonds is 9. The first kappa shape index (κ1) is 13.9. The minimum atomic E-state index is 0.561. The van der Waals surface area contributed by atoms with Gasteiger partial charge >= 0.3 is 0 Å². The van der Waals surface area contributed by atoms with Gasteiger partial charge in [-0.2, -0.15) is 0 Å². The van der Waals surface area contributed by atoms with Gasteiger partial charge < -0.3 is 15.4 Å². The lowest BCUT2D eigenvalue weighted by atomic mass is 10.1. The molecule has 0 amide bonds. The lowest BCUT2D eigenvalue weighted by Crippen LogP contribution is -2.22. The molecule has 0 spiro atoms. The van der Waals surface area contributed by atoms with Gasteiger partial charge in [-0.25, -0.2) is 0 Å². The highest BCUT2D eigenvalue weighted by atomic mass is 16.5. The number of unbranched alkanes of at least 4 members (excludes halogenated alkanes) is 2. The largest absolute Gasteiger partial charge is 0.378 e. The molecule has 1 fully saturated rings. The average molecular weight is 228 g/mol. The summed E-state index contributed by atoms with van der Waals surface area (Å²) in [4.78, 5) is 2.44. The van der Waals surface area contributed by atoms with Crippen LogP contribution < -0.4 is 5.73 Å². The zero-order valence-corrected chi connectivity index (χ0v) is 10.8. The Balaban J connectivity index is 1.87. The highest BCUT2D eigenvalue weighted by Gasteiger charge is 2.14. The number of nitrogens with zero attached hydrogens (tertiary/aromatic N) is 1. The Kier molecular flexibility index (Phi) is 7.81. The summed E-state index contributed by atoms with van der Waals surface area (Å²) in [7, 11) is 2.22. The van der Waals surface area contributed by atoms with E-state index >= 15 is 0 Å². The lowest BCUT2D eigenvalue weighted by Gasteiger charge is -2.17. The quantitative estimate of drug-likeness (QED) is 0.614. The van der Waals surface area contributed by atoms with E-state index in [1.54, 1.807) is 0 Å². The number of ether oxygens (including phenoxy) is 1. The fraction of sp³-hybridized carbons (Fsp3) is 1.00. The van der Waals surface area contributed by atoms with Gasteiger partial charge in [0.2, 0.25) is 0 Å². The second kappa shape index (κ2) is 8.97. The molecule has 1 atom stereocenters. The smallest absolute Gasteiger partial charge is 0.0576 e. The summed E-state index contributed by atoms with van der Waals surface area (Å²) in [6, 6.07) is 0. The molecule has 1 aliphatic rings. The van der Waals surface area contributed by atoms with E-state index < -0.39 is 0 Å². The third kappa shape index (κ3) is 6.46. The van der Waals surface area contributed by atoms with E-state index in [9.17, 15) is 0 Å². The van der Waals surface area contributed by atoms with Crippen LogP contribution in [0.2, 0.25) is 0 Å². The minimum Gasteiger partial charge on any atom is -0.378 e. The van der Waals surface area contributed by atoms with Crippen LogP contribution in [0.5, 0.6) is 0 Å². The molecule has 3 nitrogen and oxygen atoms in total. The zero-order valence-electron chi connectivity index (χ0n) is 10.8. The summed E-state index contributed by atoms with van der Waals surface area (Å²) in [6.45, 7) is 4.25. The zero-order chi connectivity index (χ0) is 11.6. The fourth-order valence-electron chi connectivity index (χ4n) is 2.28. The van der Waals surface area contributed by atoms with Crippen LogP contribution in [0.4, 0.5) is 0 Å². The maximum atomic E-state index is 5.62. The molecule has 1 rings (SSSR count). The molecule has 1 aliphatic heterocycles. The van der Waals surface area contributed by atoms with Crippen LogP contribution >= 0.6 is 0 Å². The molecule has 0 radical (unpaired) electrons. The molecule has 1 saturated heterocycles. The molecule has 1 heterocycles. The summed E-state index contributed by atoms with van der Waals surface area (Å²) < 4.78 is 5.62. The van der Waals surface area contributed by atoms with E-state index in [1.165, 1.54) is 58.0 Å². The van der Waals surface area contributed by atoms with Crippen LogP contribution in [-0.4, -0.2) is 44.3 Å². The van der Waals surface area contributed by atoms with Gasteiger partial charge in [-0.15, -0.1) is 0 Å². The first-order chi connectivity index (χ1) is 7.83. The number of hydrogen-bond donors (Lipinski definition) is 1. The molecule has 16 heavy (non-hydrogen) atoms. The van der Waals surface area contributed by atoms with E-state index in [0.717, 1.165) is 13.2 Å². The normalized spacial score (nSPS) is 20.8. The molecule has 3 heteroatoms. The third-order valence-corrected chi connectivity index (χ3v) is 3.33. The average Bonchev–Trinajstić information content (AvgIpc) is 2.77. The van der Waals surface area contributed by atoms with Gasteiger partial charge in [-0.05, 0) is 65.2 Å². The van der Waals surface area contributed by atoms with Crippen LogP contribution in [0.3, 0.4) is 0 Å². The Morgan fingerprint density at radius 2 is 2.00 bits per heavy atom. The van der Waals surface area contributed by atoms with E-state index in [0.29, 0.717) is 6.10 Å². The molecule has 2 N–H and O–H groups in total. The van der Waals surface area contributed by atoms with Gasteiger partial charge in [-0.3, -0.25) is 0 Å². The number of nitrogens with two attached hydrogens (primary N) is 1. The highest BCUT2D eigenvalue weighted by Crippen LogP contribution is 2.16. The lowest BCUT2D eigenvalue weighted by molar-refractivity contribution is 0.0997. The van der Waals surface area contributed by atoms with Crippen LogP contribution in [0, 0.1) is 0 Å². The second-order valence-electron chi connectivity index (χ2n) is 4.93. The number of hydrogen-bond acceptors (Lipinski definition) is 3. The van der Waals surface area contributed by atoms with Gasteiger partial charge in [-0.1, -0.05) is 6.42 Å². The standard InChI is InChI=1S/C13H28N2O/c1-15(10-4-2-3-9-14)11-5-7-13-8-6-12-16-13/h13H,2-12,14H2,1H3. The van der Waals surface area contributed by atoms with Crippen LogP contribution in [0.15, 0.2) is 0 Å². The van der Waals surface area contributed by atoms with Gasteiger partial charge in [0.15, 0.2) is 0 Å². The maximum absolute atomic E-state index is 5.62. The van der Waals surface area contributed by atoms with Crippen molar-refractivity contribution < 1.29 is 4.74 Å². The van der Waals surface area contributed by atoms with Gasteiger partial charge in [0.1, 0.15) is 0 Å². The summed E-state index contributed by atoms with van der Waals surface area (Å²) in [5.41, 5.74) is 5.47. The van der Waals surface area contributed by atoms with Gasteiger partial charge in [0, 0.05) is 6.61 Å². The monoisotopic (exact) mass is 228 g/mol. The Labute approximate surface area is 100 Å². The molecule has 0 saturated carbocycles. The van der Waals surface area contributed by atoms with Crippen LogP contribution in [0.25, 0.3) is 0 Å². The maximum Gasteiger partial charge on any atom is 0.0576 e. The molecular formula is C13H28N2O. The molecule has 0 aliphatic carbocycles. The predicted octanol–water partition coefficient (Wildman–Crippen LogP) is 2.01. The molecule has 0 aromatic heterocycles. The summed E-state index contributed by atoms with van der Waals surface area (Å²) >= 11 is 0. The summed E-state index contributed by atoms with van der Waals surface area (Å²) in [6.07, 6.45) is 9.35. The Morgan fingerprint density at radius 1 is 1.19 bits per heavy atom. The van der Waals surface area contributed by atoms with Gasteiger partial charge in [0.05, 0.1) is 6.10 Å². The van der Waals surface area contributed by atoms with Gasteiger partial charge in [0.25, 0.3) is 0 Å². The minimum absolute atomic E-state index is 0.561. The van der Waals surface area contributed by atoms with E-state index in [2.05, 4.69) is 11.9 Å². The van der Waals surface area contributed by atoms with Crippen molar-refractivity contribution in [3.63, 3.8) is 0 Å². The van der Waals surface area contributed by atoms with Crippen molar-refractivity contribution in [1.82, 2.24) is 4.90 Å². The van der Waals surface area contributed by atoms with Crippen molar-refractivity contribution in [3.8, 4) is 0 Å². The van der Waals surface area contributed by atoms with Crippen molar-refractivity contribution in [2.24, 2.45) is 5.73 Å². The Morgan fingerprint density at radius 3 is 2.69 bits per heavy atom. The fourth-order valence-corrected chi connectivity index (χ4v) is 2.28. The van der Waals surface area contributed by atoms with Crippen LogP contribution in [-0.2, 0) is 4.74 Å². The van der Waals surface area contributed by atoms with E-state index in [-0.39, 0.29) is 0 Å². The van der Waals surface area contributed by atoms with E-state index in [1.807, 2.05) is 0 Å². The van der Waals surface area contributed by atoms with E-state index in [4.69, 9.17) is 10.5 Å². The molecule has 0 bridgehead atoms. The van der Waals surface area contributed by atoms with Crippen LogP contribution in [0.1, 0.15) is 44.9 Å². The SMILES string of the molecule is CN(CCCCCN)CCCC1CCCO1. The summed E-state index contributed by atoms with van der Waals surface area (Å²) in [5.74, 6) is 0. The molecule has 96 valence electrons. The summed E-state index contributed by atoms with van der Waals surface area (Å²) in [5, 5.41) is 0. The molecule has 0 aromatic rings. The third-order valence-electron chi connectivity index (χ3n) is 3.33. The van der Waals surface area contributed by atoms with Crippen molar-refractivity contribution in [2.75, 3.05) is 33.3 Å². The van der Waals surface area contributed by atoms with Crippen molar-refractivity contribution >= 4 is 0 Å². The topological polar surface area (TPSA) is 38.5 Å². The second-order valence-corrected chi connectivity index (χ2v) is 4.93. The Bertz CT molecular complexity index is 158. The van der Waals surface area contributed by atoms with Crippen molar-refractivity contribution in [1.29, 1.82) is 0 Å². The first-order valence-electron chi connectivity index (χ1n) is 6.83. The first-order valence-corrected chi connectivity index (χ1v) is 6.83. The highest BCUT2D eigenvalue weighted by molar-refractivity contribution is 4.65. The predicted molar refractivity (Wildman–Crippen MR) is 68.6 cm³/mol. The van der Waals surface area contributed by atoms with Crippen molar-refractivity contribution in [2.45, 2.75) is 51.0 Å². The molecule has 1 unspecified atom stereocenters. The molecule has 0 aromatic carbocycles. The van der Waals surface area contributed by atoms with Crippen molar-refractivity contribution in [3.05, 3.63) is 0 Å².